The highest BCUT2D eigenvalue weighted by molar-refractivity contribution is 5.71. The van der Waals surface area contributed by atoms with Crippen molar-refractivity contribution in [3.8, 4) is 0 Å². The predicted molar refractivity (Wildman–Crippen MR) is 339 cm³/mol. The molecular weight excluding hydrogens is 961 g/mol. The zero-order valence-electron chi connectivity index (χ0n) is 51.2. The van der Waals surface area contributed by atoms with Gasteiger partial charge in [-0.25, -0.2) is 0 Å². The molecule has 0 N–H and O–H groups in total. The van der Waals surface area contributed by atoms with Crippen LogP contribution < -0.4 is 0 Å². The summed E-state index contributed by atoms with van der Waals surface area (Å²) in [5.41, 5.74) is 0. The van der Waals surface area contributed by atoms with Crippen molar-refractivity contribution in [2.75, 3.05) is 13.2 Å². The molecule has 0 aromatic rings. The second kappa shape index (κ2) is 65.6. The maximum atomic E-state index is 12.9. The van der Waals surface area contributed by atoms with E-state index in [9.17, 15) is 14.4 Å². The number of unbranched alkanes of at least 4 members (excludes halogenated alkanes) is 30. The van der Waals surface area contributed by atoms with E-state index in [2.05, 4.69) is 130 Å². The number of carbonyl (C=O) groups is 3. The molecule has 78 heavy (non-hydrogen) atoms. The summed E-state index contributed by atoms with van der Waals surface area (Å²) in [6, 6.07) is 0. The van der Waals surface area contributed by atoms with E-state index in [1.54, 1.807) is 0 Å². The molecule has 0 rings (SSSR count). The molecule has 1 atom stereocenters. The Labute approximate surface area is 482 Å². The van der Waals surface area contributed by atoms with E-state index >= 15 is 0 Å². The minimum Gasteiger partial charge on any atom is -0.462 e. The van der Waals surface area contributed by atoms with Crippen LogP contribution in [0.4, 0.5) is 0 Å². The van der Waals surface area contributed by atoms with E-state index in [0.717, 1.165) is 135 Å². The van der Waals surface area contributed by atoms with Gasteiger partial charge in [-0.1, -0.05) is 297 Å². The molecule has 446 valence electrons. The molecule has 6 heteroatoms. The van der Waals surface area contributed by atoms with Gasteiger partial charge in [0.05, 0.1) is 0 Å². The molecule has 0 fully saturated rings. The molecule has 0 aromatic heterocycles. The van der Waals surface area contributed by atoms with E-state index in [4.69, 9.17) is 14.2 Å². The smallest absolute Gasteiger partial charge is 0.306 e. The molecule has 0 amide bonds. The van der Waals surface area contributed by atoms with Crippen LogP contribution in [0.25, 0.3) is 0 Å². The van der Waals surface area contributed by atoms with Crippen LogP contribution in [0.5, 0.6) is 0 Å². The Kier molecular flexibility index (Phi) is 62.3. The van der Waals surface area contributed by atoms with Crippen molar-refractivity contribution < 1.29 is 28.6 Å². The van der Waals surface area contributed by atoms with E-state index in [0.29, 0.717) is 19.3 Å². The van der Waals surface area contributed by atoms with Crippen LogP contribution in [0, 0.1) is 0 Å². The lowest BCUT2D eigenvalue weighted by atomic mass is 10.0. The third-order valence-electron chi connectivity index (χ3n) is 14.0. The summed E-state index contributed by atoms with van der Waals surface area (Å²) in [5, 5.41) is 0. The van der Waals surface area contributed by atoms with Crippen molar-refractivity contribution in [2.45, 2.75) is 316 Å². The highest BCUT2D eigenvalue weighted by Crippen LogP contribution is 2.17. The maximum absolute atomic E-state index is 12.9. The zero-order valence-corrected chi connectivity index (χ0v) is 51.2. The van der Waals surface area contributed by atoms with E-state index in [-0.39, 0.29) is 31.1 Å². The monoisotopic (exact) mass is 1080 g/mol. The van der Waals surface area contributed by atoms with Crippen LogP contribution in [0.3, 0.4) is 0 Å². The number of carbonyl (C=O) groups excluding carboxylic acids is 3. The van der Waals surface area contributed by atoms with Gasteiger partial charge in [-0.05, 0) is 103 Å². The van der Waals surface area contributed by atoms with Gasteiger partial charge in [-0.3, -0.25) is 14.4 Å². The van der Waals surface area contributed by atoms with Crippen LogP contribution in [-0.2, 0) is 28.6 Å². The Morgan fingerprint density at radius 3 is 0.808 bits per heavy atom. The number of esters is 3. The minimum absolute atomic E-state index is 0.0983. The molecule has 0 heterocycles. The summed E-state index contributed by atoms with van der Waals surface area (Å²) < 4.78 is 16.9. The van der Waals surface area contributed by atoms with Gasteiger partial charge >= 0.3 is 17.9 Å². The number of allylic oxidation sites excluding steroid dienone is 18. The van der Waals surface area contributed by atoms with Crippen molar-refractivity contribution in [3.05, 3.63) is 109 Å². The number of ether oxygens (including phenoxy) is 3. The zero-order chi connectivity index (χ0) is 56.4. The van der Waals surface area contributed by atoms with Gasteiger partial charge in [0.15, 0.2) is 6.10 Å². The Bertz CT molecular complexity index is 1570. The van der Waals surface area contributed by atoms with E-state index in [1.165, 1.54) is 135 Å². The fourth-order valence-electron chi connectivity index (χ4n) is 9.17. The first-order chi connectivity index (χ1) is 38.5. The van der Waals surface area contributed by atoms with Crippen molar-refractivity contribution in [1.82, 2.24) is 0 Å². The molecule has 1 unspecified atom stereocenters. The van der Waals surface area contributed by atoms with Gasteiger partial charge in [0, 0.05) is 19.3 Å². The van der Waals surface area contributed by atoms with Crippen LogP contribution >= 0.6 is 0 Å². The van der Waals surface area contributed by atoms with Gasteiger partial charge in [0.25, 0.3) is 0 Å². The Morgan fingerprint density at radius 2 is 0.500 bits per heavy atom. The van der Waals surface area contributed by atoms with Crippen molar-refractivity contribution >= 4 is 17.9 Å². The first-order valence-corrected chi connectivity index (χ1v) is 32.9. The Morgan fingerprint density at radius 1 is 0.269 bits per heavy atom. The fraction of sp³-hybridized carbons (Fsp3) is 0.708. The molecule has 0 spiro atoms. The van der Waals surface area contributed by atoms with E-state index < -0.39 is 6.10 Å². The third kappa shape index (κ3) is 62.9. The van der Waals surface area contributed by atoms with Crippen molar-refractivity contribution in [1.29, 1.82) is 0 Å². The summed E-state index contributed by atoms with van der Waals surface area (Å²) in [4.78, 5) is 38.3. The molecule has 0 aromatic carbocycles. The average molecular weight is 1080 g/mol. The fourth-order valence-corrected chi connectivity index (χ4v) is 9.17. The second-order valence-corrected chi connectivity index (χ2v) is 21.6. The average Bonchev–Trinajstić information content (AvgIpc) is 3.44. The maximum Gasteiger partial charge on any atom is 0.306 e. The lowest BCUT2D eigenvalue weighted by Gasteiger charge is -2.18. The lowest BCUT2D eigenvalue weighted by Crippen LogP contribution is -2.30. The van der Waals surface area contributed by atoms with E-state index in [1.807, 2.05) is 0 Å². The number of hydrogen-bond acceptors (Lipinski definition) is 6. The van der Waals surface area contributed by atoms with Gasteiger partial charge in [-0.15, -0.1) is 0 Å². The largest absolute Gasteiger partial charge is 0.462 e. The highest BCUT2D eigenvalue weighted by Gasteiger charge is 2.19. The summed E-state index contributed by atoms with van der Waals surface area (Å²) in [6.07, 6.45) is 89.6. The molecule has 0 aliphatic rings. The molecule has 6 nitrogen and oxygen atoms in total. The normalized spacial score (nSPS) is 12.8. The SMILES string of the molecule is CC/C=C\C/C=C\C/C=C\C/C=C\C/C=C\CCCCCCCC(=O)OC(COC(=O)CCCC/C=C\C/C=C\C/C=C\C/C=C\CC)COC(=O)CCCCCCCCCCCCCCCCCCCCCCCCCC. The molecule has 0 aliphatic heterocycles. The standard InChI is InChI=1S/C72H122O6/c1-4-7-10-13-16-19-22-25-28-30-32-34-35-36-38-39-41-44-47-50-53-56-59-62-65-71(74)77-68-69(67-76-70(73)64-61-58-55-52-49-46-43-27-24-21-18-15-12-9-6-3)78-72(75)66-63-60-57-54-51-48-45-42-40-37-33-31-29-26-23-20-17-14-11-8-5-2/h8-9,11-12,17-18,20-21,26-27,29,33,37,42-43,45,49,52,69H,4-7,10,13-16,19,22-25,28,30-32,34-36,38-41,44,46-48,50-51,53-68H2,1-3H3/b11-8-,12-9-,20-17-,21-18-,29-26-,37-33-,43-27-,45-42-,52-49-. The number of hydrogen-bond donors (Lipinski definition) is 0. The molecule has 0 bridgehead atoms. The van der Waals surface area contributed by atoms with Gasteiger partial charge in [0.1, 0.15) is 13.2 Å². The summed E-state index contributed by atoms with van der Waals surface area (Å²) in [6.45, 7) is 6.39. The third-order valence-corrected chi connectivity index (χ3v) is 14.0. The van der Waals surface area contributed by atoms with Gasteiger partial charge in [-0.2, -0.15) is 0 Å². The topological polar surface area (TPSA) is 78.9 Å². The lowest BCUT2D eigenvalue weighted by molar-refractivity contribution is -0.167. The second-order valence-electron chi connectivity index (χ2n) is 21.6. The Hall–Kier alpha value is -3.93. The van der Waals surface area contributed by atoms with Crippen LogP contribution in [0.1, 0.15) is 310 Å². The van der Waals surface area contributed by atoms with Gasteiger partial charge < -0.3 is 14.2 Å². The number of rotatable bonds is 59. The molecule has 0 saturated carbocycles. The summed E-state index contributed by atoms with van der Waals surface area (Å²) in [5.74, 6) is -0.951. The summed E-state index contributed by atoms with van der Waals surface area (Å²) >= 11 is 0. The van der Waals surface area contributed by atoms with Gasteiger partial charge in [0.2, 0.25) is 0 Å². The quantitative estimate of drug-likeness (QED) is 0.0261. The molecular formula is C72H122O6. The predicted octanol–water partition coefficient (Wildman–Crippen LogP) is 22.6. The molecule has 0 radical (unpaired) electrons. The minimum atomic E-state index is -0.808. The van der Waals surface area contributed by atoms with Crippen LogP contribution in [-0.4, -0.2) is 37.2 Å². The first-order valence-electron chi connectivity index (χ1n) is 32.9. The van der Waals surface area contributed by atoms with Crippen LogP contribution in [0.2, 0.25) is 0 Å². The Balaban J connectivity index is 4.39. The van der Waals surface area contributed by atoms with Crippen LogP contribution in [0.15, 0.2) is 109 Å². The highest BCUT2D eigenvalue weighted by atomic mass is 16.6. The van der Waals surface area contributed by atoms with Crippen molar-refractivity contribution in [3.63, 3.8) is 0 Å². The summed E-state index contributed by atoms with van der Waals surface area (Å²) in [7, 11) is 0. The molecule has 0 aliphatic carbocycles. The first kappa shape index (κ1) is 74.1. The molecule has 0 saturated heterocycles. The van der Waals surface area contributed by atoms with Crippen molar-refractivity contribution in [2.24, 2.45) is 0 Å².